The number of anilines is 1. The minimum atomic E-state index is -0.250. The van der Waals surface area contributed by atoms with E-state index < -0.39 is 0 Å². The van der Waals surface area contributed by atoms with Crippen LogP contribution in [0, 0.1) is 5.41 Å². The van der Waals surface area contributed by atoms with Crippen LogP contribution in [-0.4, -0.2) is 38.7 Å². The standard InChI is InChI=1S/C32H42N4O2.CH2O2/c1-5-8-12-20-32(4,7-3)23-38-26-18-16-24(17-19-26)27-21-33-31-28(35-29(37)13-6-2)22-34-36(31)30(27)25-14-10-9-11-15-25;2-1-3/h5,7-8,16-19,21-22,25H,3,6,9-15,20,23H2,1-2,4H3,(H,35,37);1H,(H,2,3)/b8-5-;. The molecular weight excluding hydrogens is 516 g/mol. The van der Waals surface area contributed by atoms with Gasteiger partial charge in [-0.2, -0.15) is 5.10 Å². The van der Waals surface area contributed by atoms with Crippen LogP contribution in [0.1, 0.15) is 90.2 Å². The van der Waals surface area contributed by atoms with Crippen molar-refractivity contribution >= 4 is 23.7 Å². The fourth-order valence-corrected chi connectivity index (χ4v) is 5.26. The lowest BCUT2D eigenvalue weighted by Gasteiger charge is -2.26. The molecule has 1 fully saturated rings. The molecule has 0 saturated heterocycles. The van der Waals surface area contributed by atoms with E-state index in [1.54, 1.807) is 6.20 Å². The topological polar surface area (TPSA) is 106 Å². The Balaban J connectivity index is 0.00000147. The first-order chi connectivity index (χ1) is 19.9. The predicted octanol–water partition coefficient (Wildman–Crippen LogP) is 7.81. The minimum absolute atomic E-state index is 0.00235. The van der Waals surface area contributed by atoms with Gasteiger partial charge in [-0.15, -0.1) is 6.58 Å². The van der Waals surface area contributed by atoms with Crippen molar-refractivity contribution in [2.45, 2.75) is 84.5 Å². The quantitative estimate of drug-likeness (QED) is 0.173. The summed E-state index contributed by atoms with van der Waals surface area (Å²) in [6, 6.07) is 8.31. The molecule has 2 N–H and O–H groups in total. The molecule has 8 nitrogen and oxygen atoms in total. The second-order valence-corrected chi connectivity index (χ2v) is 10.9. The number of benzene rings is 1. The van der Waals surface area contributed by atoms with E-state index >= 15 is 0 Å². The molecule has 2 heterocycles. The van der Waals surface area contributed by atoms with Gasteiger partial charge in [0.05, 0.1) is 18.5 Å². The van der Waals surface area contributed by atoms with Gasteiger partial charge in [-0.05, 0) is 56.7 Å². The lowest BCUT2D eigenvalue weighted by molar-refractivity contribution is -0.123. The van der Waals surface area contributed by atoms with E-state index in [0.717, 1.165) is 49.0 Å². The Morgan fingerprint density at radius 2 is 1.93 bits per heavy atom. The lowest BCUT2D eigenvalue weighted by atomic mass is 9.84. The molecule has 1 atom stereocenters. The third-order valence-electron chi connectivity index (χ3n) is 7.65. The summed E-state index contributed by atoms with van der Waals surface area (Å²) in [4.78, 5) is 25.4. The van der Waals surface area contributed by atoms with Gasteiger partial charge >= 0.3 is 0 Å². The smallest absolute Gasteiger partial charge is 0.290 e. The van der Waals surface area contributed by atoms with Gasteiger partial charge in [0.15, 0.2) is 5.65 Å². The van der Waals surface area contributed by atoms with Crippen molar-refractivity contribution in [1.82, 2.24) is 14.6 Å². The average molecular weight is 561 g/mol. The molecule has 1 aromatic carbocycles. The number of fused-ring (bicyclic) bond motifs is 1. The Bertz CT molecular complexity index is 1310. The molecule has 1 aliphatic rings. The second-order valence-electron chi connectivity index (χ2n) is 10.9. The molecule has 1 amide bonds. The molecule has 0 radical (unpaired) electrons. The van der Waals surface area contributed by atoms with Gasteiger partial charge in [-0.1, -0.05) is 63.5 Å². The van der Waals surface area contributed by atoms with Gasteiger partial charge in [-0.3, -0.25) is 9.59 Å². The summed E-state index contributed by atoms with van der Waals surface area (Å²) < 4.78 is 8.15. The number of carboxylic acid groups (broad SMARTS) is 1. The zero-order valence-corrected chi connectivity index (χ0v) is 24.6. The number of hydrogen-bond donors (Lipinski definition) is 2. The normalized spacial score (nSPS) is 15.1. The summed E-state index contributed by atoms with van der Waals surface area (Å²) >= 11 is 0. The van der Waals surface area contributed by atoms with Gasteiger partial charge < -0.3 is 15.2 Å². The van der Waals surface area contributed by atoms with Crippen molar-refractivity contribution < 1.29 is 19.4 Å². The van der Waals surface area contributed by atoms with E-state index in [9.17, 15) is 4.79 Å². The maximum absolute atomic E-state index is 12.3. The van der Waals surface area contributed by atoms with E-state index in [1.807, 2.05) is 42.8 Å². The van der Waals surface area contributed by atoms with Crippen molar-refractivity contribution in [3.8, 4) is 16.9 Å². The van der Waals surface area contributed by atoms with Crippen LogP contribution in [0.25, 0.3) is 16.8 Å². The number of carbonyl (C=O) groups excluding carboxylic acids is 1. The van der Waals surface area contributed by atoms with E-state index in [-0.39, 0.29) is 17.8 Å². The van der Waals surface area contributed by atoms with Crippen LogP contribution in [0.15, 0.2) is 61.5 Å². The molecule has 3 aromatic rings. The molecule has 1 unspecified atom stereocenters. The third-order valence-corrected chi connectivity index (χ3v) is 7.65. The number of carbonyl (C=O) groups is 2. The molecule has 220 valence electrons. The number of ether oxygens (including phenoxy) is 1. The Kier molecular flexibility index (Phi) is 12.1. The van der Waals surface area contributed by atoms with Crippen LogP contribution in [0.4, 0.5) is 5.69 Å². The Hall–Kier alpha value is -3.94. The van der Waals surface area contributed by atoms with Crippen molar-refractivity contribution in [3.05, 3.63) is 67.2 Å². The summed E-state index contributed by atoms with van der Waals surface area (Å²) in [5.74, 6) is 1.25. The fraction of sp³-hybridized carbons (Fsp3) is 0.455. The Labute approximate surface area is 243 Å². The Morgan fingerprint density at radius 3 is 2.56 bits per heavy atom. The van der Waals surface area contributed by atoms with Crippen molar-refractivity contribution in [3.63, 3.8) is 0 Å². The Morgan fingerprint density at radius 1 is 1.22 bits per heavy atom. The van der Waals surface area contributed by atoms with Gasteiger partial charge in [0, 0.05) is 29.5 Å². The largest absolute Gasteiger partial charge is 0.493 e. The second kappa shape index (κ2) is 15.7. The zero-order valence-electron chi connectivity index (χ0n) is 24.6. The van der Waals surface area contributed by atoms with Crippen LogP contribution in [-0.2, 0) is 9.59 Å². The molecular formula is C33H44N4O4. The highest BCUT2D eigenvalue weighted by atomic mass is 16.5. The molecule has 1 aliphatic carbocycles. The molecule has 0 bridgehead atoms. The van der Waals surface area contributed by atoms with Crippen molar-refractivity contribution in [1.29, 1.82) is 0 Å². The number of amides is 1. The average Bonchev–Trinajstić information content (AvgIpc) is 3.39. The number of rotatable bonds is 12. The summed E-state index contributed by atoms with van der Waals surface area (Å²) in [5, 5.41) is 14.6. The van der Waals surface area contributed by atoms with Gasteiger partial charge in [-0.25, -0.2) is 9.50 Å². The molecule has 0 aliphatic heterocycles. The monoisotopic (exact) mass is 560 g/mol. The summed E-state index contributed by atoms with van der Waals surface area (Å²) in [6.45, 7) is 10.6. The van der Waals surface area contributed by atoms with E-state index in [2.05, 4.69) is 43.1 Å². The first kappa shape index (κ1) is 31.6. The molecule has 2 aromatic heterocycles. The van der Waals surface area contributed by atoms with Crippen LogP contribution in [0.5, 0.6) is 5.75 Å². The maximum Gasteiger partial charge on any atom is 0.290 e. The molecule has 1 saturated carbocycles. The summed E-state index contributed by atoms with van der Waals surface area (Å²) in [7, 11) is 0. The highest BCUT2D eigenvalue weighted by molar-refractivity contribution is 5.94. The maximum atomic E-state index is 12.3. The molecule has 41 heavy (non-hydrogen) atoms. The number of allylic oxidation sites excluding steroid dienone is 2. The van der Waals surface area contributed by atoms with E-state index in [0.29, 0.717) is 30.3 Å². The van der Waals surface area contributed by atoms with Crippen LogP contribution in [0.3, 0.4) is 0 Å². The summed E-state index contributed by atoms with van der Waals surface area (Å²) in [6.07, 6.45) is 19.3. The highest BCUT2D eigenvalue weighted by Gasteiger charge is 2.25. The van der Waals surface area contributed by atoms with Crippen LogP contribution >= 0.6 is 0 Å². The SMILES string of the molecule is C=CC(C)(CC/C=C\C)COc1ccc(-c2cnc3c(NC(=O)CCC)cnn3c2C2CCCCC2)cc1.O=CO. The number of hydrogen-bond acceptors (Lipinski definition) is 5. The number of nitrogens with one attached hydrogen (secondary N) is 1. The van der Waals surface area contributed by atoms with E-state index in [4.69, 9.17) is 24.7 Å². The van der Waals surface area contributed by atoms with E-state index in [1.165, 1.54) is 25.0 Å². The molecule has 4 rings (SSSR count). The molecule has 0 spiro atoms. The lowest BCUT2D eigenvalue weighted by Crippen LogP contribution is -2.22. The first-order valence-corrected chi connectivity index (χ1v) is 14.6. The minimum Gasteiger partial charge on any atom is -0.493 e. The van der Waals surface area contributed by atoms with Crippen LogP contribution in [0.2, 0.25) is 0 Å². The molecule has 8 heteroatoms. The number of aromatic nitrogens is 3. The highest BCUT2D eigenvalue weighted by Crippen LogP contribution is 2.39. The van der Waals surface area contributed by atoms with Gasteiger partial charge in [0.1, 0.15) is 11.4 Å². The number of nitrogens with zero attached hydrogens (tertiary/aromatic N) is 3. The van der Waals surface area contributed by atoms with Crippen molar-refractivity contribution in [2.24, 2.45) is 5.41 Å². The van der Waals surface area contributed by atoms with Gasteiger partial charge in [0.25, 0.3) is 6.47 Å². The zero-order chi connectivity index (χ0) is 29.7. The third kappa shape index (κ3) is 8.52. The predicted molar refractivity (Wildman–Crippen MR) is 164 cm³/mol. The summed E-state index contributed by atoms with van der Waals surface area (Å²) in [5.41, 5.74) is 4.68. The first-order valence-electron chi connectivity index (χ1n) is 14.6. The fourth-order valence-electron chi connectivity index (χ4n) is 5.26. The van der Waals surface area contributed by atoms with Crippen molar-refractivity contribution in [2.75, 3.05) is 11.9 Å². The van der Waals surface area contributed by atoms with Gasteiger partial charge in [0.2, 0.25) is 5.91 Å². The van der Waals surface area contributed by atoms with Crippen LogP contribution < -0.4 is 10.1 Å².